The Morgan fingerprint density at radius 3 is 2.32 bits per heavy atom. The van der Waals surface area contributed by atoms with Gasteiger partial charge in [0.05, 0.1) is 5.56 Å². The molecule has 2 rings (SSSR count). The van der Waals surface area contributed by atoms with Crippen LogP contribution < -0.4 is 16.0 Å². The molecule has 0 radical (unpaired) electrons. The maximum absolute atomic E-state index is 12.6. The maximum Gasteiger partial charge on any atom is 0.416 e. The van der Waals surface area contributed by atoms with Crippen molar-refractivity contribution in [3.63, 3.8) is 0 Å². The van der Waals surface area contributed by atoms with E-state index in [9.17, 15) is 18.0 Å². The highest BCUT2D eigenvalue weighted by atomic mass is 127. The number of nitrogens with one attached hydrogen (secondary N) is 3. The van der Waals surface area contributed by atoms with E-state index in [1.54, 1.807) is 7.05 Å². The highest BCUT2D eigenvalue weighted by molar-refractivity contribution is 14.0. The van der Waals surface area contributed by atoms with Crippen LogP contribution in [0.3, 0.4) is 0 Å². The van der Waals surface area contributed by atoms with E-state index in [4.69, 9.17) is 0 Å². The zero-order valence-electron chi connectivity index (χ0n) is 15.9. The molecule has 1 amide bonds. The summed E-state index contributed by atoms with van der Waals surface area (Å²) >= 11 is 0. The molecule has 1 aliphatic carbocycles. The molecule has 0 aliphatic heterocycles. The molecule has 0 spiro atoms. The standard InChI is InChI=1S/C19H27F3N4O.HI/c1-23-18(24-12-11-17(27)26-16-5-3-2-4-6-16)25-13-14-7-9-15(10-8-14)19(20,21)22;/h7-10,16H,2-6,11-13H2,1H3,(H,26,27)(H2,23,24,25);1H. The zero-order valence-corrected chi connectivity index (χ0v) is 18.3. The van der Waals surface area contributed by atoms with Gasteiger partial charge in [-0.05, 0) is 30.5 Å². The molecule has 158 valence electrons. The number of rotatable bonds is 6. The number of nitrogens with zero attached hydrogens (tertiary/aromatic N) is 1. The quantitative estimate of drug-likeness (QED) is 0.309. The van der Waals surface area contributed by atoms with Gasteiger partial charge >= 0.3 is 6.18 Å². The Balaban J connectivity index is 0.00000392. The van der Waals surface area contributed by atoms with Crippen LogP contribution in [0.1, 0.15) is 49.7 Å². The molecule has 1 fully saturated rings. The summed E-state index contributed by atoms with van der Waals surface area (Å²) in [7, 11) is 1.60. The van der Waals surface area contributed by atoms with Gasteiger partial charge in [0.25, 0.3) is 0 Å². The molecule has 1 aliphatic rings. The van der Waals surface area contributed by atoms with Gasteiger partial charge in [0, 0.05) is 32.6 Å². The van der Waals surface area contributed by atoms with Crippen molar-refractivity contribution < 1.29 is 18.0 Å². The molecular formula is C19H28F3IN4O. The SMILES string of the molecule is CN=C(NCCC(=O)NC1CCCCC1)NCc1ccc(C(F)(F)F)cc1.I. The third-order valence-corrected chi connectivity index (χ3v) is 4.58. The average molecular weight is 512 g/mol. The first-order valence-electron chi connectivity index (χ1n) is 9.28. The number of hydrogen-bond donors (Lipinski definition) is 3. The summed E-state index contributed by atoms with van der Waals surface area (Å²) in [5.74, 6) is 0.521. The second-order valence-electron chi connectivity index (χ2n) is 6.70. The van der Waals surface area contributed by atoms with Crippen LogP contribution in [-0.2, 0) is 17.5 Å². The Bertz CT molecular complexity index is 629. The molecule has 0 atom stereocenters. The first-order valence-corrected chi connectivity index (χ1v) is 9.28. The topological polar surface area (TPSA) is 65.5 Å². The van der Waals surface area contributed by atoms with E-state index in [0.717, 1.165) is 25.0 Å². The third-order valence-electron chi connectivity index (χ3n) is 4.58. The number of amides is 1. The van der Waals surface area contributed by atoms with E-state index in [-0.39, 0.29) is 29.9 Å². The molecule has 1 saturated carbocycles. The molecule has 0 saturated heterocycles. The first kappa shape index (κ1) is 24.5. The second kappa shape index (κ2) is 12.1. The van der Waals surface area contributed by atoms with Gasteiger partial charge in [-0.3, -0.25) is 9.79 Å². The molecule has 1 aromatic carbocycles. The lowest BCUT2D eigenvalue weighted by Crippen LogP contribution is -2.41. The van der Waals surface area contributed by atoms with Gasteiger partial charge in [-0.25, -0.2) is 0 Å². The highest BCUT2D eigenvalue weighted by Crippen LogP contribution is 2.29. The molecule has 28 heavy (non-hydrogen) atoms. The van der Waals surface area contributed by atoms with E-state index in [2.05, 4.69) is 20.9 Å². The van der Waals surface area contributed by atoms with Gasteiger partial charge in [-0.15, -0.1) is 24.0 Å². The van der Waals surface area contributed by atoms with Crippen LogP contribution in [0.2, 0.25) is 0 Å². The first-order chi connectivity index (χ1) is 12.9. The molecule has 0 aromatic heterocycles. The van der Waals surface area contributed by atoms with Gasteiger partial charge in [0.2, 0.25) is 5.91 Å². The second-order valence-corrected chi connectivity index (χ2v) is 6.70. The Hall–Kier alpha value is -1.52. The number of guanidine groups is 1. The van der Waals surface area contributed by atoms with Gasteiger partial charge < -0.3 is 16.0 Å². The summed E-state index contributed by atoms with van der Waals surface area (Å²) in [6, 6.07) is 5.27. The predicted octanol–water partition coefficient (Wildman–Crippen LogP) is 3.83. The normalized spacial score (nSPS) is 15.5. The lowest BCUT2D eigenvalue weighted by molar-refractivity contribution is -0.137. The molecule has 9 heteroatoms. The minimum Gasteiger partial charge on any atom is -0.356 e. The minimum atomic E-state index is -4.33. The zero-order chi connectivity index (χ0) is 19.7. The Morgan fingerprint density at radius 2 is 1.75 bits per heavy atom. The average Bonchev–Trinajstić information content (AvgIpc) is 2.65. The number of alkyl halides is 3. The predicted molar refractivity (Wildman–Crippen MR) is 115 cm³/mol. The van der Waals surface area contributed by atoms with E-state index in [1.807, 2.05) is 0 Å². The fraction of sp³-hybridized carbons (Fsp3) is 0.579. The van der Waals surface area contributed by atoms with Crippen LogP contribution in [0.25, 0.3) is 0 Å². The fourth-order valence-corrected chi connectivity index (χ4v) is 3.06. The summed E-state index contributed by atoms with van der Waals surface area (Å²) in [6.45, 7) is 0.775. The molecule has 3 N–H and O–H groups in total. The fourth-order valence-electron chi connectivity index (χ4n) is 3.06. The monoisotopic (exact) mass is 512 g/mol. The van der Waals surface area contributed by atoms with Gasteiger partial charge in [0.15, 0.2) is 5.96 Å². The van der Waals surface area contributed by atoms with Crippen molar-refractivity contribution in [3.05, 3.63) is 35.4 Å². The van der Waals surface area contributed by atoms with Gasteiger partial charge in [-0.1, -0.05) is 31.4 Å². The molecule has 5 nitrogen and oxygen atoms in total. The summed E-state index contributed by atoms with van der Waals surface area (Å²) < 4.78 is 37.7. The van der Waals surface area contributed by atoms with Crippen molar-refractivity contribution in [2.24, 2.45) is 4.99 Å². The number of aliphatic imine (C=N–C) groups is 1. The van der Waals surface area contributed by atoms with Crippen LogP contribution in [0.5, 0.6) is 0 Å². The van der Waals surface area contributed by atoms with E-state index in [1.165, 1.54) is 31.4 Å². The van der Waals surface area contributed by atoms with Crippen LogP contribution in [-0.4, -0.2) is 31.5 Å². The van der Waals surface area contributed by atoms with Gasteiger partial charge in [0.1, 0.15) is 0 Å². The Kier molecular flexibility index (Phi) is 10.6. The molecule has 0 heterocycles. The van der Waals surface area contributed by atoms with Crippen LogP contribution in [0.4, 0.5) is 13.2 Å². The van der Waals surface area contributed by atoms with Crippen LogP contribution >= 0.6 is 24.0 Å². The molecular weight excluding hydrogens is 484 g/mol. The smallest absolute Gasteiger partial charge is 0.356 e. The summed E-state index contributed by atoms with van der Waals surface area (Å²) in [5.41, 5.74) is 0.0405. The van der Waals surface area contributed by atoms with E-state index >= 15 is 0 Å². The van der Waals surface area contributed by atoms with Crippen molar-refractivity contribution in [1.82, 2.24) is 16.0 Å². The van der Waals surface area contributed by atoms with Crippen molar-refractivity contribution in [3.8, 4) is 0 Å². The van der Waals surface area contributed by atoms with Crippen molar-refractivity contribution >= 4 is 35.8 Å². The summed E-state index contributed by atoms with van der Waals surface area (Å²) in [4.78, 5) is 16.0. The largest absolute Gasteiger partial charge is 0.416 e. The van der Waals surface area contributed by atoms with Crippen molar-refractivity contribution in [1.29, 1.82) is 0 Å². The maximum atomic E-state index is 12.6. The highest BCUT2D eigenvalue weighted by Gasteiger charge is 2.29. The number of carbonyl (C=O) groups excluding carboxylic acids is 1. The minimum absolute atomic E-state index is 0. The number of halogens is 4. The van der Waals surface area contributed by atoms with E-state index in [0.29, 0.717) is 37.1 Å². The number of benzene rings is 1. The van der Waals surface area contributed by atoms with E-state index < -0.39 is 11.7 Å². The third kappa shape index (κ3) is 8.66. The lowest BCUT2D eigenvalue weighted by Gasteiger charge is -2.22. The molecule has 0 unspecified atom stereocenters. The van der Waals surface area contributed by atoms with Gasteiger partial charge in [-0.2, -0.15) is 13.2 Å². The molecule has 1 aromatic rings. The lowest BCUT2D eigenvalue weighted by atomic mass is 9.95. The Morgan fingerprint density at radius 1 is 1.11 bits per heavy atom. The van der Waals surface area contributed by atoms with Crippen molar-refractivity contribution in [2.75, 3.05) is 13.6 Å². The summed E-state index contributed by atoms with van der Waals surface area (Å²) in [6.07, 6.45) is 1.70. The van der Waals surface area contributed by atoms with Crippen molar-refractivity contribution in [2.45, 2.75) is 57.3 Å². The van der Waals surface area contributed by atoms with Crippen LogP contribution in [0.15, 0.2) is 29.3 Å². The van der Waals surface area contributed by atoms with Crippen LogP contribution in [0, 0.1) is 0 Å². The Labute approximate surface area is 181 Å². The molecule has 0 bridgehead atoms. The number of hydrogen-bond acceptors (Lipinski definition) is 2. The number of carbonyl (C=O) groups is 1. The summed E-state index contributed by atoms with van der Waals surface area (Å²) in [5, 5.41) is 9.12.